The Morgan fingerprint density at radius 2 is 1.50 bits per heavy atom. The maximum absolute atomic E-state index is 10.6. The first-order chi connectivity index (χ1) is 10.7. The largest absolute Gasteiger partial charge is 0.489 e. The quantitative estimate of drug-likeness (QED) is 0.880. The van der Waals surface area contributed by atoms with Gasteiger partial charge in [0.25, 0.3) is 0 Å². The minimum atomic E-state index is -0.495. The van der Waals surface area contributed by atoms with Crippen LogP contribution in [0, 0.1) is 0 Å². The van der Waals surface area contributed by atoms with Gasteiger partial charge in [-0.2, -0.15) is 0 Å². The maximum Gasteiger partial charge on any atom is 0.119 e. The zero-order valence-electron chi connectivity index (χ0n) is 13.0. The first-order valence-corrected chi connectivity index (χ1v) is 8.22. The highest BCUT2D eigenvalue weighted by molar-refractivity contribution is 5.28. The van der Waals surface area contributed by atoms with Crippen LogP contribution >= 0.6 is 0 Å². The van der Waals surface area contributed by atoms with E-state index in [0.717, 1.165) is 37.9 Å². The summed E-state index contributed by atoms with van der Waals surface area (Å²) in [5, 5.41) is 10.6. The van der Waals surface area contributed by atoms with Gasteiger partial charge in [-0.1, -0.05) is 61.7 Å². The van der Waals surface area contributed by atoms with Crippen LogP contribution in [-0.2, 0) is 13.0 Å². The second-order valence-corrected chi connectivity index (χ2v) is 6.38. The molecule has 1 aliphatic rings. The van der Waals surface area contributed by atoms with E-state index in [9.17, 15) is 5.11 Å². The lowest BCUT2D eigenvalue weighted by atomic mass is 9.80. The lowest BCUT2D eigenvalue weighted by molar-refractivity contribution is 0.00448. The van der Waals surface area contributed by atoms with Gasteiger partial charge in [0.05, 0.1) is 5.60 Å². The standard InChI is InChI=1S/C20H24O2/c21-20(13-5-2-6-14-20)15-17-9-11-19(12-10-17)22-16-18-7-3-1-4-8-18/h1,3-4,7-12,21H,2,5-6,13-16H2. The molecule has 1 fully saturated rings. The van der Waals surface area contributed by atoms with Gasteiger partial charge in [0.2, 0.25) is 0 Å². The molecule has 1 aliphatic carbocycles. The Bertz CT molecular complexity index is 568. The highest BCUT2D eigenvalue weighted by atomic mass is 16.5. The molecule has 0 aliphatic heterocycles. The number of hydrogen-bond donors (Lipinski definition) is 1. The summed E-state index contributed by atoms with van der Waals surface area (Å²) >= 11 is 0. The molecular formula is C20H24O2. The van der Waals surface area contributed by atoms with Crippen LogP contribution in [0.25, 0.3) is 0 Å². The predicted molar refractivity (Wildman–Crippen MR) is 89.0 cm³/mol. The minimum absolute atomic E-state index is 0.495. The monoisotopic (exact) mass is 296 g/mol. The summed E-state index contributed by atoms with van der Waals surface area (Å²) in [6.45, 7) is 0.587. The van der Waals surface area contributed by atoms with E-state index in [1.807, 2.05) is 30.3 Å². The van der Waals surface area contributed by atoms with Crippen LogP contribution in [0.15, 0.2) is 54.6 Å². The van der Waals surface area contributed by atoms with E-state index in [1.54, 1.807) is 0 Å². The van der Waals surface area contributed by atoms with Crippen molar-refractivity contribution in [3.63, 3.8) is 0 Å². The van der Waals surface area contributed by atoms with Gasteiger partial charge in [0.1, 0.15) is 12.4 Å². The second kappa shape index (κ2) is 6.97. The Kier molecular flexibility index (Phi) is 4.79. The van der Waals surface area contributed by atoms with Crippen LogP contribution in [0.3, 0.4) is 0 Å². The van der Waals surface area contributed by atoms with Crippen molar-refractivity contribution in [2.45, 2.75) is 50.7 Å². The zero-order chi connectivity index (χ0) is 15.3. The van der Waals surface area contributed by atoms with E-state index in [1.165, 1.54) is 17.5 Å². The van der Waals surface area contributed by atoms with Crippen molar-refractivity contribution < 1.29 is 9.84 Å². The van der Waals surface area contributed by atoms with E-state index < -0.39 is 5.60 Å². The van der Waals surface area contributed by atoms with Gasteiger partial charge in [0, 0.05) is 6.42 Å². The Morgan fingerprint density at radius 3 is 2.18 bits per heavy atom. The molecule has 0 radical (unpaired) electrons. The molecule has 2 nitrogen and oxygen atoms in total. The van der Waals surface area contributed by atoms with Crippen LogP contribution < -0.4 is 4.74 Å². The van der Waals surface area contributed by atoms with Gasteiger partial charge in [-0.15, -0.1) is 0 Å². The Hall–Kier alpha value is -1.80. The summed E-state index contributed by atoms with van der Waals surface area (Å²) in [4.78, 5) is 0. The highest BCUT2D eigenvalue weighted by Gasteiger charge is 2.29. The molecule has 0 heterocycles. The maximum atomic E-state index is 10.6. The van der Waals surface area contributed by atoms with Gasteiger partial charge in [-0.05, 0) is 36.1 Å². The topological polar surface area (TPSA) is 29.5 Å². The molecule has 0 saturated heterocycles. The summed E-state index contributed by atoms with van der Waals surface area (Å²) in [5.41, 5.74) is 1.87. The SMILES string of the molecule is OC1(Cc2ccc(OCc3ccccc3)cc2)CCCCC1. The molecule has 0 bridgehead atoms. The fraction of sp³-hybridized carbons (Fsp3) is 0.400. The lowest BCUT2D eigenvalue weighted by Crippen LogP contribution is -2.33. The van der Waals surface area contributed by atoms with Gasteiger partial charge < -0.3 is 9.84 Å². The molecule has 0 aromatic heterocycles. The molecule has 22 heavy (non-hydrogen) atoms. The van der Waals surface area contributed by atoms with E-state index in [2.05, 4.69) is 24.3 Å². The smallest absolute Gasteiger partial charge is 0.119 e. The number of ether oxygens (including phenoxy) is 1. The number of benzene rings is 2. The Balaban J connectivity index is 1.56. The Morgan fingerprint density at radius 1 is 0.818 bits per heavy atom. The highest BCUT2D eigenvalue weighted by Crippen LogP contribution is 2.31. The minimum Gasteiger partial charge on any atom is -0.489 e. The van der Waals surface area contributed by atoms with Crippen LogP contribution in [0.2, 0.25) is 0 Å². The second-order valence-electron chi connectivity index (χ2n) is 6.38. The summed E-state index contributed by atoms with van der Waals surface area (Å²) in [7, 11) is 0. The summed E-state index contributed by atoms with van der Waals surface area (Å²) in [6, 6.07) is 18.3. The van der Waals surface area contributed by atoms with E-state index in [0.29, 0.717) is 6.61 Å². The lowest BCUT2D eigenvalue weighted by Gasteiger charge is -2.32. The molecule has 2 heteroatoms. The molecule has 3 rings (SSSR count). The number of aliphatic hydroxyl groups is 1. The van der Waals surface area contributed by atoms with Crippen molar-refractivity contribution in [2.24, 2.45) is 0 Å². The van der Waals surface area contributed by atoms with E-state index in [-0.39, 0.29) is 0 Å². The molecule has 0 spiro atoms. The number of rotatable bonds is 5. The van der Waals surface area contributed by atoms with Crippen molar-refractivity contribution in [2.75, 3.05) is 0 Å². The molecule has 2 aromatic carbocycles. The molecular weight excluding hydrogens is 272 g/mol. The van der Waals surface area contributed by atoms with Gasteiger partial charge >= 0.3 is 0 Å². The zero-order valence-corrected chi connectivity index (χ0v) is 13.0. The molecule has 0 amide bonds. The average Bonchev–Trinajstić information content (AvgIpc) is 2.55. The first-order valence-electron chi connectivity index (χ1n) is 8.22. The van der Waals surface area contributed by atoms with Gasteiger partial charge in [-0.25, -0.2) is 0 Å². The van der Waals surface area contributed by atoms with Crippen LogP contribution in [0.5, 0.6) is 5.75 Å². The van der Waals surface area contributed by atoms with Gasteiger partial charge in [0.15, 0.2) is 0 Å². The fourth-order valence-electron chi connectivity index (χ4n) is 3.21. The van der Waals surface area contributed by atoms with Crippen LogP contribution in [-0.4, -0.2) is 10.7 Å². The summed E-state index contributed by atoms with van der Waals surface area (Å²) in [5.74, 6) is 0.878. The molecule has 116 valence electrons. The molecule has 1 N–H and O–H groups in total. The summed E-state index contributed by atoms with van der Waals surface area (Å²) < 4.78 is 5.80. The van der Waals surface area contributed by atoms with Crippen molar-refractivity contribution in [3.8, 4) is 5.75 Å². The molecule has 1 saturated carbocycles. The number of hydrogen-bond acceptors (Lipinski definition) is 2. The third-order valence-corrected chi connectivity index (χ3v) is 4.49. The first kappa shape index (κ1) is 15.1. The van der Waals surface area contributed by atoms with E-state index >= 15 is 0 Å². The fourth-order valence-corrected chi connectivity index (χ4v) is 3.21. The van der Waals surface area contributed by atoms with E-state index in [4.69, 9.17) is 4.74 Å². The van der Waals surface area contributed by atoms with Crippen molar-refractivity contribution in [3.05, 3.63) is 65.7 Å². The summed E-state index contributed by atoms with van der Waals surface area (Å²) in [6.07, 6.45) is 6.17. The van der Waals surface area contributed by atoms with Crippen LogP contribution in [0.4, 0.5) is 0 Å². The van der Waals surface area contributed by atoms with Crippen molar-refractivity contribution >= 4 is 0 Å². The third-order valence-electron chi connectivity index (χ3n) is 4.49. The van der Waals surface area contributed by atoms with Crippen molar-refractivity contribution in [1.82, 2.24) is 0 Å². The molecule has 0 atom stereocenters. The van der Waals surface area contributed by atoms with Crippen LogP contribution in [0.1, 0.15) is 43.2 Å². The third kappa shape index (κ3) is 4.11. The molecule has 0 unspecified atom stereocenters. The Labute approximate surface area is 132 Å². The molecule has 2 aromatic rings. The normalized spacial score (nSPS) is 17.1. The predicted octanol–water partition coefficient (Wildman–Crippen LogP) is 4.50. The average molecular weight is 296 g/mol. The van der Waals surface area contributed by atoms with Crippen molar-refractivity contribution in [1.29, 1.82) is 0 Å². The van der Waals surface area contributed by atoms with Gasteiger partial charge in [-0.3, -0.25) is 0 Å².